The molecule has 0 aromatic heterocycles. The predicted molar refractivity (Wildman–Crippen MR) is 132 cm³/mol. The third-order valence-electron chi connectivity index (χ3n) is 5.78. The van der Waals surface area contributed by atoms with Crippen LogP contribution in [0.3, 0.4) is 0 Å². The van der Waals surface area contributed by atoms with Crippen LogP contribution in [0, 0.1) is 5.82 Å². The quantitative estimate of drug-likeness (QED) is 0.378. The molecule has 1 aliphatic rings. The number of amides is 3. The van der Waals surface area contributed by atoms with E-state index in [0.717, 1.165) is 10.5 Å². The molecular formula is C25H23Cl2F4N3O4. The summed E-state index contributed by atoms with van der Waals surface area (Å²) < 4.78 is 52.1. The van der Waals surface area contributed by atoms with Crippen molar-refractivity contribution in [2.24, 2.45) is 0 Å². The Kier molecular flexibility index (Phi) is 9.26. The van der Waals surface area contributed by atoms with Gasteiger partial charge in [-0.3, -0.25) is 14.4 Å². The van der Waals surface area contributed by atoms with Crippen LogP contribution < -0.4 is 10.6 Å². The largest absolute Gasteiger partial charge is 0.503 e. The number of carbonyl (C=O) groups is 3. The molecule has 38 heavy (non-hydrogen) atoms. The summed E-state index contributed by atoms with van der Waals surface area (Å²) in [5, 5.41) is 16.0. The van der Waals surface area contributed by atoms with Gasteiger partial charge in [0.05, 0.1) is 27.7 Å². The number of benzene rings is 2. The molecule has 13 heteroatoms. The van der Waals surface area contributed by atoms with E-state index in [1.54, 1.807) is 19.1 Å². The predicted octanol–water partition coefficient (Wildman–Crippen LogP) is 4.67. The fourth-order valence-corrected chi connectivity index (χ4v) is 4.05. The Bertz CT molecular complexity index is 1280. The molecule has 0 spiro atoms. The monoisotopic (exact) mass is 575 g/mol. The maximum Gasteiger partial charge on any atom is 0.416 e. The SMILES string of the molecule is CC(CCc1ccc(Cl)c(Cl)c1)NC(=O)C1=C(O)C(=O)N(CCNC(=O)c2cc(F)cc(C(F)(F)F)c2)C1. The Labute approximate surface area is 225 Å². The Morgan fingerprint density at radius 3 is 2.47 bits per heavy atom. The molecule has 0 aliphatic carbocycles. The lowest BCUT2D eigenvalue weighted by Crippen LogP contribution is -2.38. The van der Waals surface area contributed by atoms with Crippen LogP contribution in [-0.2, 0) is 22.2 Å². The van der Waals surface area contributed by atoms with E-state index in [9.17, 15) is 37.1 Å². The lowest BCUT2D eigenvalue weighted by atomic mass is 10.1. The van der Waals surface area contributed by atoms with Gasteiger partial charge in [0.2, 0.25) is 0 Å². The highest BCUT2D eigenvalue weighted by Gasteiger charge is 2.34. The highest BCUT2D eigenvalue weighted by molar-refractivity contribution is 6.42. The van der Waals surface area contributed by atoms with Crippen molar-refractivity contribution < 1.29 is 37.1 Å². The van der Waals surface area contributed by atoms with E-state index in [4.69, 9.17) is 23.2 Å². The van der Waals surface area contributed by atoms with Gasteiger partial charge in [0.25, 0.3) is 17.7 Å². The normalized spacial score (nSPS) is 14.6. The minimum absolute atomic E-state index is 0.150. The molecule has 1 unspecified atom stereocenters. The Morgan fingerprint density at radius 2 is 1.82 bits per heavy atom. The maximum atomic E-state index is 13.5. The second-order valence-corrected chi connectivity index (χ2v) is 9.51. The molecule has 0 bridgehead atoms. The molecule has 3 amide bonds. The molecule has 0 fully saturated rings. The first-order valence-corrected chi connectivity index (χ1v) is 12.1. The summed E-state index contributed by atoms with van der Waals surface area (Å²) in [7, 11) is 0. The van der Waals surface area contributed by atoms with Crippen LogP contribution in [0.5, 0.6) is 0 Å². The first-order chi connectivity index (χ1) is 17.8. The minimum Gasteiger partial charge on any atom is -0.503 e. The van der Waals surface area contributed by atoms with Crippen molar-refractivity contribution in [2.45, 2.75) is 32.0 Å². The van der Waals surface area contributed by atoms with Gasteiger partial charge in [-0.15, -0.1) is 0 Å². The summed E-state index contributed by atoms with van der Waals surface area (Å²) >= 11 is 11.9. The zero-order chi connectivity index (χ0) is 28.2. The summed E-state index contributed by atoms with van der Waals surface area (Å²) in [5.74, 6) is -4.41. The van der Waals surface area contributed by atoms with Gasteiger partial charge in [0.1, 0.15) is 5.82 Å². The van der Waals surface area contributed by atoms with Gasteiger partial charge in [0.15, 0.2) is 5.76 Å². The first-order valence-electron chi connectivity index (χ1n) is 11.4. The Hall–Kier alpha value is -3.31. The third kappa shape index (κ3) is 7.38. The van der Waals surface area contributed by atoms with Crippen molar-refractivity contribution in [1.29, 1.82) is 0 Å². The number of rotatable bonds is 9. The highest BCUT2D eigenvalue weighted by Crippen LogP contribution is 2.30. The van der Waals surface area contributed by atoms with E-state index >= 15 is 0 Å². The van der Waals surface area contributed by atoms with Gasteiger partial charge in [0, 0.05) is 24.7 Å². The number of nitrogens with one attached hydrogen (secondary N) is 2. The zero-order valence-electron chi connectivity index (χ0n) is 20.0. The van der Waals surface area contributed by atoms with Crippen LogP contribution in [-0.4, -0.2) is 53.4 Å². The van der Waals surface area contributed by atoms with Crippen molar-refractivity contribution in [3.8, 4) is 0 Å². The second-order valence-electron chi connectivity index (χ2n) is 8.70. The number of carbonyl (C=O) groups excluding carboxylic acids is 3. The number of aryl methyl sites for hydroxylation is 1. The Morgan fingerprint density at radius 1 is 1.11 bits per heavy atom. The summed E-state index contributed by atoms with van der Waals surface area (Å²) in [6.07, 6.45) is -3.71. The molecule has 3 N–H and O–H groups in total. The van der Waals surface area contributed by atoms with Crippen LogP contribution in [0.15, 0.2) is 47.7 Å². The summed E-state index contributed by atoms with van der Waals surface area (Å²) in [4.78, 5) is 38.3. The molecule has 0 saturated heterocycles. The third-order valence-corrected chi connectivity index (χ3v) is 6.52. The number of hydrogen-bond donors (Lipinski definition) is 3. The average Bonchev–Trinajstić information content (AvgIpc) is 3.12. The fraction of sp³-hybridized carbons (Fsp3) is 0.320. The minimum atomic E-state index is -4.83. The number of alkyl halides is 3. The van der Waals surface area contributed by atoms with Gasteiger partial charge in [-0.1, -0.05) is 29.3 Å². The first kappa shape index (κ1) is 29.2. The number of hydrogen-bond acceptors (Lipinski definition) is 4. The van der Waals surface area contributed by atoms with Crippen molar-refractivity contribution in [3.05, 3.63) is 80.3 Å². The van der Waals surface area contributed by atoms with Gasteiger partial charge in [-0.05, 0) is 55.7 Å². The van der Waals surface area contributed by atoms with E-state index in [1.165, 1.54) is 0 Å². The summed E-state index contributed by atoms with van der Waals surface area (Å²) in [5.41, 5.74) is -1.09. The number of halogens is 6. The van der Waals surface area contributed by atoms with Crippen molar-refractivity contribution in [1.82, 2.24) is 15.5 Å². The molecule has 2 aromatic carbocycles. The molecular weight excluding hydrogens is 553 g/mol. The van der Waals surface area contributed by atoms with E-state index in [0.29, 0.717) is 35.0 Å². The van der Waals surface area contributed by atoms with Crippen LogP contribution >= 0.6 is 23.2 Å². The summed E-state index contributed by atoms with van der Waals surface area (Å²) in [6.45, 7) is 1.15. The number of aliphatic hydroxyl groups is 1. The average molecular weight is 576 g/mol. The van der Waals surface area contributed by atoms with Crippen LogP contribution in [0.4, 0.5) is 17.6 Å². The van der Waals surface area contributed by atoms with Gasteiger partial charge in [-0.25, -0.2) is 4.39 Å². The number of aliphatic hydroxyl groups excluding tert-OH is 1. The maximum absolute atomic E-state index is 13.5. The van der Waals surface area contributed by atoms with E-state index in [1.807, 2.05) is 6.07 Å². The lowest BCUT2D eigenvalue weighted by Gasteiger charge is -2.18. The van der Waals surface area contributed by atoms with Gasteiger partial charge >= 0.3 is 6.18 Å². The molecule has 1 heterocycles. The molecule has 3 rings (SSSR count). The fourth-order valence-electron chi connectivity index (χ4n) is 3.73. The lowest BCUT2D eigenvalue weighted by molar-refractivity contribution is -0.137. The van der Waals surface area contributed by atoms with Gasteiger partial charge in [-0.2, -0.15) is 13.2 Å². The molecule has 204 valence electrons. The van der Waals surface area contributed by atoms with Crippen LogP contribution in [0.1, 0.15) is 34.8 Å². The summed E-state index contributed by atoms with van der Waals surface area (Å²) in [6, 6.07) is 6.34. The molecule has 0 radical (unpaired) electrons. The highest BCUT2D eigenvalue weighted by atomic mass is 35.5. The van der Waals surface area contributed by atoms with Crippen molar-refractivity contribution in [2.75, 3.05) is 19.6 Å². The van der Waals surface area contributed by atoms with Crippen LogP contribution in [0.2, 0.25) is 10.0 Å². The molecule has 7 nitrogen and oxygen atoms in total. The molecule has 2 aromatic rings. The second kappa shape index (κ2) is 12.0. The van der Waals surface area contributed by atoms with E-state index < -0.39 is 46.6 Å². The van der Waals surface area contributed by atoms with E-state index in [-0.39, 0.29) is 37.3 Å². The topological polar surface area (TPSA) is 98.7 Å². The number of nitrogens with zero attached hydrogens (tertiary/aromatic N) is 1. The van der Waals surface area contributed by atoms with Crippen molar-refractivity contribution in [3.63, 3.8) is 0 Å². The smallest absolute Gasteiger partial charge is 0.416 e. The zero-order valence-corrected chi connectivity index (χ0v) is 21.5. The molecule has 0 saturated carbocycles. The molecule has 1 aliphatic heterocycles. The van der Waals surface area contributed by atoms with E-state index in [2.05, 4.69) is 10.6 Å². The standard InChI is InChI=1S/C25H23Cl2F4N3O4/c1-13(2-3-14-4-5-19(26)20(27)8-14)33-23(37)18-12-34(24(38)21(18)35)7-6-32-22(36)15-9-16(25(29,30)31)11-17(28)10-15/h4-5,8-11,13,35H,2-3,6-7,12H2,1H3,(H,32,36)(H,33,37). The Balaban J connectivity index is 1.50. The van der Waals surface area contributed by atoms with Crippen molar-refractivity contribution >= 4 is 40.9 Å². The van der Waals surface area contributed by atoms with Crippen LogP contribution in [0.25, 0.3) is 0 Å². The van der Waals surface area contributed by atoms with Gasteiger partial charge < -0.3 is 20.6 Å². The molecule has 1 atom stereocenters.